The van der Waals surface area contributed by atoms with Crippen LogP contribution in [0.15, 0.2) is 30.9 Å². The van der Waals surface area contributed by atoms with Crippen LogP contribution in [0.1, 0.15) is 31.9 Å². The zero-order valence-corrected chi connectivity index (χ0v) is 14.0. The predicted octanol–water partition coefficient (Wildman–Crippen LogP) is 3.34. The molecule has 5 heteroatoms. The molecular formula is C18H24FNO3. The van der Waals surface area contributed by atoms with Gasteiger partial charge in [-0.2, -0.15) is 0 Å². The van der Waals surface area contributed by atoms with Gasteiger partial charge in [-0.3, -0.25) is 4.79 Å². The maximum atomic E-state index is 13.7. The van der Waals surface area contributed by atoms with E-state index in [2.05, 4.69) is 6.58 Å². The summed E-state index contributed by atoms with van der Waals surface area (Å²) in [6.07, 6.45) is 1.93. The first-order valence-electron chi connectivity index (χ1n) is 7.72. The van der Waals surface area contributed by atoms with E-state index in [1.54, 1.807) is 18.1 Å². The molecule has 0 N–H and O–H groups in total. The first-order valence-corrected chi connectivity index (χ1v) is 7.72. The molecule has 1 aromatic carbocycles. The van der Waals surface area contributed by atoms with Gasteiger partial charge in [-0.25, -0.2) is 4.39 Å². The predicted molar refractivity (Wildman–Crippen MR) is 86.8 cm³/mol. The Kier molecular flexibility index (Phi) is 5.42. The van der Waals surface area contributed by atoms with E-state index < -0.39 is 0 Å². The van der Waals surface area contributed by atoms with Crippen molar-refractivity contribution in [2.75, 3.05) is 26.9 Å². The molecule has 0 radical (unpaired) electrons. The summed E-state index contributed by atoms with van der Waals surface area (Å²) in [5.74, 6) is 0.131. The maximum absolute atomic E-state index is 13.7. The van der Waals surface area contributed by atoms with E-state index >= 15 is 0 Å². The van der Waals surface area contributed by atoms with Crippen molar-refractivity contribution < 1.29 is 18.7 Å². The highest BCUT2D eigenvalue weighted by molar-refractivity contribution is 5.87. The molecule has 1 aliphatic heterocycles. The number of carbonyl (C=O) groups is 1. The topological polar surface area (TPSA) is 38.8 Å². The fourth-order valence-corrected chi connectivity index (χ4v) is 3.03. The minimum Gasteiger partial charge on any atom is -0.493 e. The van der Waals surface area contributed by atoms with Crippen LogP contribution in [0.25, 0.3) is 0 Å². The largest absolute Gasteiger partial charge is 0.493 e. The van der Waals surface area contributed by atoms with Crippen LogP contribution < -0.4 is 4.74 Å². The summed E-state index contributed by atoms with van der Waals surface area (Å²) in [7, 11) is 1.64. The van der Waals surface area contributed by atoms with Gasteiger partial charge >= 0.3 is 0 Å². The van der Waals surface area contributed by atoms with Crippen LogP contribution in [0, 0.1) is 11.2 Å². The normalized spacial score (nSPS) is 17.1. The molecule has 0 saturated carbocycles. The van der Waals surface area contributed by atoms with Crippen molar-refractivity contribution in [3.63, 3.8) is 0 Å². The number of halogens is 1. The van der Waals surface area contributed by atoms with Crippen LogP contribution in [0.2, 0.25) is 0 Å². The minimum atomic E-state index is -0.332. The van der Waals surface area contributed by atoms with Crippen molar-refractivity contribution >= 4 is 5.91 Å². The Labute approximate surface area is 136 Å². The van der Waals surface area contributed by atoms with E-state index in [4.69, 9.17) is 9.47 Å². The number of hydrogen-bond acceptors (Lipinski definition) is 3. The Hall–Kier alpha value is -1.88. The third-order valence-corrected chi connectivity index (χ3v) is 3.95. The number of carbonyl (C=O) groups excluding carboxylic acids is 1. The van der Waals surface area contributed by atoms with Gasteiger partial charge in [-0.05, 0) is 24.3 Å². The molecule has 2 rings (SSSR count). The van der Waals surface area contributed by atoms with Crippen molar-refractivity contribution in [3.05, 3.63) is 42.2 Å². The maximum Gasteiger partial charge on any atom is 0.246 e. The van der Waals surface area contributed by atoms with Crippen LogP contribution in [-0.2, 0) is 9.53 Å². The van der Waals surface area contributed by atoms with Gasteiger partial charge in [0.1, 0.15) is 11.6 Å². The Balaban J connectivity index is 2.36. The fraction of sp³-hybridized carbons (Fsp3) is 0.500. The first-order chi connectivity index (χ1) is 10.9. The standard InChI is InChI=1S/C18H24FNO3/c1-5-17(21)20(11-18(2,3)12-22-4)15-8-9-23-16-7-6-13(19)10-14(15)16/h5-7,10,15H,1,8-9,11-12H2,2-4H3. The molecule has 126 valence electrons. The molecule has 1 aromatic rings. The van der Waals surface area contributed by atoms with E-state index in [0.29, 0.717) is 37.5 Å². The molecule has 0 aromatic heterocycles. The smallest absolute Gasteiger partial charge is 0.246 e. The second kappa shape index (κ2) is 7.13. The van der Waals surface area contributed by atoms with Crippen molar-refractivity contribution in [1.82, 2.24) is 4.90 Å². The van der Waals surface area contributed by atoms with E-state index in [-0.39, 0.29) is 23.2 Å². The number of benzene rings is 1. The minimum absolute atomic E-state index is 0.170. The van der Waals surface area contributed by atoms with Crippen molar-refractivity contribution in [2.24, 2.45) is 5.41 Å². The number of methoxy groups -OCH3 is 1. The Bertz CT molecular complexity index is 586. The van der Waals surface area contributed by atoms with Crippen LogP contribution >= 0.6 is 0 Å². The van der Waals surface area contributed by atoms with E-state index in [9.17, 15) is 9.18 Å². The average Bonchev–Trinajstić information content (AvgIpc) is 2.51. The van der Waals surface area contributed by atoms with Crippen LogP contribution in [0.4, 0.5) is 4.39 Å². The molecule has 0 bridgehead atoms. The number of fused-ring (bicyclic) bond motifs is 1. The fourth-order valence-electron chi connectivity index (χ4n) is 3.03. The van der Waals surface area contributed by atoms with Crippen LogP contribution in [0.5, 0.6) is 5.75 Å². The molecule has 1 aliphatic rings. The highest BCUT2D eigenvalue weighted by Crippen LogP contribution is 2.38. The highest BCUT2D eigenvalue weighted by Gasteiger charge is 2.33. The zero-order chi connectivity index (χ0) is 17.0. The molecular weight excluding hydrogens is 297 g/mol. The second-order valence-corrected chi connectivity index (χ2v) is 6.60. The number of rotatable bonds is 6. The number of nitrogens with zero attached hydrogens (tertiary/aromatic N) is 1. The molecule has 23 heavy (non-hydrogen) atoms. The molecule has 4 nitrogen and oxygen atoms in total. The molecule has 1 amide bonds. The molecule has 0 aliphatic carbocycles. The van der Waals surface area contributed by atoms with Gasteiger partial charge in [-0.15, -0.1) is 0 Å². The third kappa shape index (κ3) is 4.10. The van der Waals surface area contributed by atoms with Gasteiger partial charge in [0.25, 0.3) is 0 Å². The van der Waals surface area contributed by atoms with Gasteiger partial charge in [0, 0.05) is 31.1 Å². The van der Waals surface area contributed by atoms with Gasteiger partial charge in [0.2, 0.25) is 5.91 Å². The van der Waals surface area contributed by atoms with E-state index in [1.807, 2.05) is 13.8 Å². The summed E-state index contributed by atoms with van der Waals surface area (Å²) >= 11 is 0. The quantitative estimate of drug-likeness (QED) is 0.754. The molecule has 1 unspecified atom stereocenters. The summed E-state index contributed by atoms with van der Waals surface area (Å²) in [4.78, 5) is 14.2. The van der Waals surface area contributed by atoms with E-state index in [1.165, 1.54) is 18.2 Å². The summed E-state index contributed by atoms with van der Waals surface area (Å²) in [5.41, 5.74) is 0.485. The van der Waals surface area contributed by atoms with Crippen molar-refractivity contribution in [3.8, 4) is 5.75 Å². The highest BCUT2D eigenvalue weighted by atomic mass is 19.1. The summed E-state index contributed by atoms with van der Waals surface area (Å²) in [6.45, 7) is 9.17. The number of amides is 1. The van der Waals surface area contributed by atoms with Crippen molar-refractivity contribution in [1.29, 1.82) is 0 Å². The van der Waals surface area contributed by atoms with Crippen LogP contribution in [0.3, 0.4) is 0 Å². The average molecular weight is 321 g/mol. The summed E-state index contributed by atoms with van der Waals surface area (Å²) in [6, 6.07) is 4.21. The SMILES string of the molecule is C=CC(=O)N(CC(C)(C)COC)C1CCOc2ccc(F)cc21. The Morgan fingerprint density at radius 2 is 2.30 bits per heavy atom. The monoisotopic (exact) mass is 321 g/mol. The van der Waals surface area contributed by atoms with Gasteiger partial charge < -0.3 is 14.4 Å². The molecule has 0 spiro atoms. The zero-order valence-electron chi connectivity index (χ0n) is 14.0. The lowest BCUT2D eigenvalue weighted by Gasteiger charge is -2.39. The van der Waals surface area contributed by atoms with Gasteiger partial charge in [0.05, 0.1) is 19.3 Å². The van der Waals surface area contributed by atoms with Gasteiger partial charge in [-0.1, -0.05) is 20.4 Å². The summed E-state index contributed by atoms with van der Waals surface area (Å²) < 4.78 is 24.5. The Morgan fingerprint density at radius 3 is 2.96 bits per heavy atom. The molecule has 0 fully saturated rings. The molecule has 0 saturated heterocycles. The Morgan fingerprint density at radius 1 is 1.57 bits per heavy atom. The lowest BCUT2D eigenvalue weighted by Crippen LogP contribution is -2.43. The van der Waals surface area contributed by atoms with E-state index in [0.717, 1.165) is 0 Å². The second-order valence-electron chi connectivity index (χ2n) is 6.60. The molecule has 1 heterocycles. The van der Waals surface area contributed by atoms with Crippen LogP contribution in [-0.4, -0.2) is 37.7 Å². The lowest BCUT2D eigenvalue weighted by molar-refractivity contribution is -0.131. The first kappa shape index (κ1) is 17.5. The van der Waals surface area contributed by atoms with Crippen molar-refractivity contribution in [2.45, 2.75) is 26.3 Å². The number of hydrogen-bond donors (Lipinski definition) is 0. The summed E-state index contributed by atoms with van der Waals surface area (Å²) in [5, 5.41) is 0. The number of ether oxygens (including phenoxy) is 2. The van der Waals surface area contributed by atoms with Gasteiger partial charge in [0.15, 0.2) is 0 Å². The molecule has 1 atom stereocenters. The lowest BCUT2D eigenvalue weighted by atomic mass is 9.91. The third-order valence-electron chi connectivity index (χ3n) is 3.95.